The van der Waals surface area contributed by atoms with Crippen molar-refractivity contribution in [1.82, 2.24) is 0 Å². The number of guanidine groups is 2. The van der Waals surface area contributed by atoms with E-state index in [1.54, 1.807) is 0 Å². The Hall–Kier alpha value is -2.04. The molecule has 0 amide bonds. The molecule has 0 saturated heterocycles. The molecule has 116 valence electrons. The maximum absolute atomic E-state index is 5.59. The molecule has 0 aliphatic heterocycles. The molecular weight excluding hydrogens is 262 g/mol. The van der Waals surface area contributed by atoms with Crippen LogP contribution in [0.4, 0.5) is 5.69 Å². The number of benzene rings is 1. The zero-order valence-electron chi connectivity index (χ0n) is 12.9. The van der Waals surface area contributed by atoms with Crippen LogP contribution in [0.25, 0.3) is 0 Å². The van der Waals surface area contributed by atoms with Crippen LogP contribution in [0.3, 0.4) is 0 Å². The first kappa shape index (κ1) is 17.0. The van der Waals surface area contributed by atoms with Gasteiger partial charge in [-0.05, 0) is 30.5 Å². The topological polar surface area (TPSA) is 103 Å². The monoisotopic (exact) mass is 289 g/mol. The smallest absolute Gasteiger partial charge is 0.223 e. The molecule has 1 aromatic carbocycles. The fraction of sp³-hybridized carbons (Fsp3) is 0.500. The SMILES string of the molecule is CCCCCCCCc1ccc(N=C(N)N=C(N)N)cc1. The van der Waals surface area contributed by atoms with Gasteiger partial charge in [-0.25, -0.2) is 4.99 Å². The van der Waals surface area contributed by atoms with Crippen molar-refractivity contribution in [3.8, 4) is 0 Å². The van der Waals surface area contributed by atoms with E-state index in [0.717, 1.165) is 12.1 Å². The van der Waals surface area contributed by atoms with Gasteiger partial charge in [-0.15, -0.1) is 0 Å². The lowest BCUT2D eigenvalue weighted by molar-refractivity contribution is 0.607. The van der Waals surface area contributed by atoms with Crippen molar-refractivity contribution in [1.29, 1.82) is 0 Å². The molecule has 1 aromatic rings. The average molecular weight is 289 g/mol. The molecule has 21 heavy (non-hydrogen) atoms. The van der Waals surface area contributed by atoms with Crippen LogP contribution < -0.4 is 17.2 Å². The highest BCUT2D eigenvalue weighted by molar-refractivity contribution is 5.93. The van der Waals surface area contributed by atoms with Gasteiger partial charge >= 0.3 is 0 Å². The molecule has 0 atom stereocenters. The zero-order valence-corrected chi connectivity index (χ0v) is 12.9. The first-order chi connectivity index (χ1) is 10.1. The zero-order chi connectivity index (χ0) is 15.5. The lowest BCUT2D eigenvalue weighted by Crippen LogP contribution is -2.26. The maximum atomic E-state index is 5.59. The molecule has 0 unspecified atom stereocenters. The second kappa shape index (κ2) is 9.80. The Morgan fingerprint density at radius 2 is 1.52 bits per heavy atom. The highest BCUT2D eigenvalue weighted by atomic mass is 15.1. The van der Waals surface area contributed by atoms with Crippen LogP contribution in [0.5, 0.6) is 0 Å². The summed E-state index contributed by atoms with van der Waals surface area (Å²) in [5.41, 5.74) is 18.1. The Balaban J connectivity index is 2.38. The second-order valence-corrected chi connectivity index (χ2v) is 5.19. The summed E-state index contributed by atoms with van der Waals surface area (Å²) in [5, 5.41) is 0. The second-order valence-electron chi connectivity index (χ2n) is 5.19. The lowest BCUT2D eigenvalue weighted by atomic mass is 10.0. The molecule has 0 aliphatic carbocycles. The summed E-state index contributed by atoms with van der Waals surface area (Å²) in [4.78, 5) is 7.80. The summed E-state index contributed by atoms with van der Waals surface area (Å²) in [6, 6.07) is 8.02. The number of hydrogen-bond acceptors (Lipinski definition) is 1. The van der Waals surface area contributed by atoms with Crippen molar-refractivity contribution < 1.29 is 0 Å². The summed E-state index contributed by atoms with van der Waals surface area (Å²) < 4.78 is 0. The summed E-state index contributed by atoms with van der Waals surface area (Å²) in [6.07, 6.45) is 8.99. The van der Waals surface area contributed by atoms with E-state index < -0.39 is 0 Å². The first-order valence-corrected chi connectivity index (χ1v) is 7.64. The molecule has 0 saturated carbocycles. The quantitative estimate of drug-likeness (QED) is 0.389. The van der Waals surface area contributed by atoms with Crippen molar-refractivity contribution in [3.05, 3.63) is 29.8 Å². The highest BCUT2D eigenvalue weighted by Crippen LogP contribution is 2.15. The van der Waals surface area contributed by atoms with E-state index in [1.807, 2.05) is 12.1 Å². The fourth-order valence-electron chi connectivity index (χ4n) is 2.14. The van der Waals surface area contributed by atoms with Crippen LogP contribution in [0.15, 0.2) is 34.3 Å². The van der Waals surface area contributed by atoms with E-state index >= 15 is 0 Å². The predicted molar refractivity (Wildman–Crippen MR) is 90.6 cm³/mol. The van der Waals surface area contributed by atoms with Crippen molar-refractivity contribution >= 4 is 17.6 Å². The van der Waals surface area contributed by atoms with E-state index in [0.29, 0.717) is 0 Å². The maximum Gasteiger partial charge on any atom is 0.223 e. The summed E-state index contributed by atoms with van der Waals surface area (Å²) >= 11 is 0. The van der Waals surface area contributed by atoms with Gasteiger partial charge in [0.05, 0.1) is 5.69 Å². The van der Waals surface area contributed by atoms with Crippen LogP contribution in [0.1, 0.15) is 51.0 Å². The number of aryl methyl sites for hydroxylation is 1. The Labute approximate surface area is 127 Å². The molecule has 5 nitrogen and oxygen atoms in total. The average Bonchev–Trinajstić information content (AvgIpc) is 2.43. The standard InChI is InChI=1S/C16H27N5/c1-2-3-4-5-6-7-8-13-9-11-14(12-10-13)20-16(19)21-15(17)18/h9-12H,2-8H2,1H3,(H6,17,18,19,20,21). The van der Waals surface area contributed by atoms with Crippen LogP contribution in [-0.4, -0.2) is 11.9 Å². The minimum absolute atomic E-state index is 0.0682. The Kier molecular flexibility index (Phi) is 7.94. The highest BCUT2D eigenvalue weighted by Gasteiger charge is 1.96. The van der Waals surface area contributed by atoms with E-state index in [-0.39, 0.29) is 11.9 Å². The number of hydrogen-bond donors (Lipinski definition) is 3. The third-order valence-corrected chi connectivity index (χ3v) is 3.24. The van der Waals surface area contributed by atoms with Gasteiger partial charge in [-0.1, -0.05) is 51.2 Å². The van der Waals surface area contributed by atoms with Crippen LogP contribution in [-0.2, 0) is 6.42 Å². The molecule has 0 fully saturated rings. The van der Waals surface area contributed by atoms with Crippen molar-refractivity contribution in [2.75, 3.05) is 0 Å². The predicted octanol–water partition coefficient (Wildman–Crippen LogP) is 2.81. The number of aliphatic imine (C=N–C) groups is 2. The molecule has 0 spiro atoms. The Morgan fingerprint density at radius 3 is 2.14 bits per heavy atom. The van der Waals surface area contributed by atoms with Gasteiger partial charge in [0.25, 0.3) is 0 Å². The molecule has 5 heteroatoms. The van der Waals surface area contributed by atoms with E-state index in [9.17, 15) is 0 Å². The van der Waals surface area contributed by atoms with Gasteiger partial charge in [-0.3, -0.25) is 0 Å². The molecule has 0 aromatic heterocycles. The van der Waals surface area contributed by atoms with E-state index in [2.05, 4.69) is 29.0 Å². The Morgan fingerprint density at radius 1 is 0.905 bits per heavy atom. The van der Waals surface area contributed by atoms with Crippen LogP contribution >= 0.6 is 0 Å². The first-order valence-electron chi connectivity index (χ1n) is 7.64. The minimum Gasteiger partial charge on any atom is -0.370 e. The van der Waals surface area contributed by atoms with E-state index in [1.165, 1.54) is 44.1 Å². The van der Waals surface area contributed by atoms with Crippen LogP contribution in [0, 0.1) is 0 Å². The molecule has 1 rings (SSSR count). The van der Waals surface area contributed by atoms with E-state index in [4.69, 9.17) is 17.2 Å². The summed E-state index contributed by atoms with van der Waals surface area (Å²) in [5.74, 6) is -0.0189. The minimum atomic E-state index is -0.0871. The van der Waals surface area contributed by atoms with Gasteiger partial charge in [0.15, 0.2) is 5.96 Å². The summed E-state index contributed by atoms with van der Waals surface area (Å²) in [6.45, 7) is 2.24. The number of nitrogens with two attached hydrogens (primary N) is 3. The lowest BCUT2D eigenvalue weighted by Gasteiger charge is -2.03. The number of rotatable bonds is 8. The molecule has 0 aliphatic rings. The van der Waals surface area contributed by atoms with Gasteiger partial charge in [0, 0.05) is 0 Å². The molecule has 6 N–H and O–H groups in total. The molecule has 0 bridgehead atoms. The third kappa shape index (κ3) is 7.97. The molecular formula is C16H27N5. The van der Waals surface area contributed by atoms with Crippen molar-refractivity contribution in [2.45, 2.75) is 51.9 Å². The van der Waals surface area contributed by atoms with Gasteiger partial charge in [0.1, 0.15) is 0 Å². The van der Waals surface area contributed by atoms with Gasteiger partial charge in [0.2, 0.25) is 5.96 Å². The fourth-order valence-corrected chi connectivity index (χ4v) is 2.14. The number of unbranched alkanes of at least 4 members (excludes halogenated alkanes) is 5. The largest absolute Gasteiger partial charge is 0.370 e. The van der Waals surface area contributed by atoms with Gasteiger partial charge < -0.3 is 17.2 Å². The Bertz CT molecular complexity index is 458. The van der Waals surface area contributed by atoms with Crippen molar-refractivity contribution in [3.63, 3.8) is 0 Å². The van der Waals surface area contributed by atoms with Crippen molar-refractivity contribution in [2.24, 2.45) is 27.2 Å². The normalized spacial score (nSPS) is 11.4. The molecule has 0 radical (unpaired) electrons. The third-order valence-electron chi connectivity index (χ3n) is 3.24. The van der Waals surface area contributed by atoms with Crippen LogP contribution in [0.2, 0.25) is 0 Å². The van der Waals surface area contributed by atoms with Gasteiger partial charge in [-0.2, -0.15) is 4.99 Å². The molecule has 0 heterocycles. The number of nitrogens with zero attached hydrogens (tertiary/aromatic N) is 2. The summed E-state index contributed by atoms with van der Waals surface area (Å²) in [7, 11) is 0.